The molecule has 7 nitrogen and oxygen atoms in total. The molecule has 3 aromatic rings. The Morgan fingerprint density at radius 1 is 1.19 bits per heavy atom. The number of piperidine rings is 1. The zero-order valence-electron chi connectivity index (χ0n) is 18.2. The van der Waals surface area contributed by atoms with Gasteiger partial charge in [-0.3, -0.25) is 4.79 Å². The van der Waals surface area contributed by atoms with Crippen LogP contribution < -0.4 is 19.7 Å². The molecule has 1 N–H and O–H groups in total. The van der Waals surface area contributed by atoms with Crippen LogP contribution in [0.2, 0.25) is 0 Å². The quantitative estimate of drug-likeness (QED) is 0.602. The highest BCUT2D eigenvalue weighted by Gasteiger charge is 2.27. The zero-order chi connectivity index (χ0) is 21.8. The zero-order valence-corrected chi connectivity index (χ0v) is 19.0. The minimum atomic E-state index is 0.00602. The van der Waals surface area contributed by atoms with Crippen LogP contribution in [0, 0.1) is 5.92 Å². The molecule has 0 unspecified atom stereocenters. The molecular formula is C23H28N4O3S. The molecule has 1 fully saturated rings. The number of aryl methyl sites for hydroxylation is 1. The smallest absolute Gasteiger partial charge is 0.223 e. The van der Waals surface area contributed by atoms with Gasteiger partial charge < -0.3 is 19.7 Å². The highest BCUT2D eigenvalue weighted by atomic mass is 32.1. The Bertz CT molecular complexity index is 1060. The third kappa shape index (κ3) is 4.58. The summed E-state index contributed by atoms with van der Waals surface area (Å²) in [7, 11) is 3.24. The van der Waals surface area contributed by atoms with E-state index in [0.29, 0.717) is 12.3 Å². The van der Waals surface area contributed by atoms with Crippen LogP contribution in [0.3, 0.4) is 0 Å². The van der Waals surface area contributed by atoms with E-state index >= 15 is 0 Å². The Morgan fingerprint density at radius 3 is 2.71 bits per heavy atom. The summed E-state index contributed by atoms with van der Waals surface area (Å²) in [6, 6.07) is 7.83. The van der Waals surface area contributed by atoms with Gasteiger partial charge in [-0.25, -0.2) is 9.97 Å². The van der Waals surface area contributed by atoms with Crippen molar-refractivity contribution in [1.82, 2.24) is 15.3 Å². The first-order chi connectivity index (χ1) is 15.1. The lowest BCUT2D eigenvalue weighted by atomic mass is 9.95. The molecule has 0 radical (unpaired) electrons. The second-order valence-corrected chi connectivity index (χ2v) is 8.75. The molecule has 8 heteroatoms. The lowest BCUT2D eigenvalue weighted by molar-refractivity contribution is -0.125. The number of nitrogens with one attached hydrogen (secondary N) is 1. The lowest BCUT2D eigenvalue weighted by Crippen LogP contribution is -2.40. The van der Waals surface area contributed by atoms with Crippen LogP contribution in [0.4, 0.5) is 5.82 Å². The van der Waals surface area contributed by atoms with E-state index < -0.39 is 0 Å². The van der Waals surface area contributed by atoms with Gasteiger partial charge in [0.2, 0.25) is 5.91 Å². The van der Waals surface area contributed by atoms with Crippen LogP contribution >= 0.6 is 11.3 Å². The van der Waals surface area contributed by atoms with Gasteiger partial charge in [-0.1, -0.05) is 6.92 Å². The molecule has 0 saturated carbocycles. The number of nitrogens with zero attached hydrogens (tertiary/aromatic N) is 3. The number of hydrogen-bond acceptors (Lipinski definition) is 7. The van der Waals surface area contributed by atoms with Crippen molar-refractivity contribution in [3.63, 3.8) is 0 Å². The van der Waals surface area contributed by atoms with Crippen LogP contribution in [0.1, 0.15) is 30.2 Å². The van der Waals surface area contributed by atoms with Gasteiger partial charge in [0.05, 0.1) is 19.6 Å². The summed E-state index contributed by atoms with van der Waals surface area (Å²) in [5, 5.41) is 4.20. The molecule has 1 aromatic carbocycles. The molecule has 0 atom stereocenters. The summed E-state index contributed by atoms with van der Waals surface area (Å²) in [4.78, 5) is 26.4. The molecule has 1 saturated heterocycles. The molecule has 2 aromatic heterocycles. The number of carbonyl (C=O) groups excluding carboxylic acids is 1. The summed E-state index contributed by atoms with van der Waals surface area (Å²) < 4.78 is 10.7. The molecule has 3 heterocycles. The molecule has 0 bridgehead atoms. The van der Waals surface area contributed by atoms with Gasteiger partial charge in [0, 0.05) is 42.1 Å². The number of carbonyl (C=O) groups is 1. The van der Waals surface area contributed by atoms with Crippen molar-refractivity contribution < 1.29 is 14.3 Å². The van der Waals surface area contributed by atoms with Crippen molar-refractivity contribution in [2.24, 2.45) is 5.92 Å². The fourth-order valence-corrected chi connectivity index (χ4v) is 4.93. The molecule has 0 aliphatic carbocycles. The van der Waals surface area contributed by atoms with E-state index in [1.165, 1.54) is 4.88 Å². The van der Waals surface area contributed by atoms with Crippen molar-refractivity contribution in [1.29, 1.82) is 0 Å². The molecule has 1 aliphatic heterocycles. The van der Waals surface area contributed by atoms with Crippen LogP contribution in [0.5, 0.6) is 11.5 Å². The van der Waals surface area contributed by atoms with E-state index in [1.807, 2.05) is 18.2 Å². The summed E-state index contributed by atoms with van der Waals surface area (Å²) in [6.07, 6.45) is 4.26. The van der Waals surface area contributed by atoms with E-state index in [1.54, 1.807) is 31.9 Å². The van der Waals surface area contributed by atoms with Gasteiger partial charge in [0.15, 0.2) is 0 Å². The van der Waals surface area contributed by atoms with Crippen molar-refractivity contribution in [2.75, 3.05) is 32.2 Å². The molecular weight excluding hydrogens is 412 g/mol. The van der Waals surface area contributed by atoms with Gasteiger partial charge in [0.25, 0.3) is 0 Å². The standard InChI is InChI=1S/C23H28N4O3S/c1-4-18-12-19-21(25-14-26-23(19)31-18)27-9-7-15(8-10-27)22(28)24-13-16-5-6-17(29-2)11-20(16)30-3/h5-6,11-12,14-15H,4,7-10,13H2,1-3H3,(H,24,28). The number of ether oxygens (including phenoxy) is 2. The first-order valence-electron chi connectivity index (χ1n) is 10.6. The van der Waals surface area contributed by atoms with Crippen LogP contribution in [-0.2, 0) is 17.8 Å². The van der Waals surface area contributed by atoms with Crippen molar-refractivity contribution in [3.8, 4) is 11.5 Å². The first kappa shape index (κ1) is 21.4. The predicted molar refractivity (Wildman–Crippen MR) is 123 cm³/mol. The minimum absolute atomic E-state index is 0.00602. The Balaban J connectivity index is 1.36. The first-order valence-corrected chi connectivity index (χ1v) is 11.4. The summed E-state index contributed by atoms with van der Waals surface area (Å²) >= 11 is 1.73. The predicted octanol–water partition coefficient (Wildman–Crippen LogP) is 3.80. The SMILES string of the molecule is CCc1cc2c(N3CCC(C(=O)NCc4ccc(OC)cc4OC)CC3)ncnc2s1. The number of thiophene rings is 1. The number of aromatic nitrogens is 2. The van der Waals surface area contributed by atoms with E-state index in [9.17, 15) is 4.79 Å². The van der Waals surface area contributed by atoms with Gasteiger partial charge in [-0.15, -0.1) is 11.3 Å². The van der Waals surface area contributed by atoms with E-state index in [4.69, 9.17) is 9.47 Å². The lowest BCUT2D eigenvalue weighted by Gasteiger charge is -2.32. The van der Waals surface area contributed by atoms with Crippen LogP contribution in [0.15, 0.2) is 30.6 Å². The van der Waals surface area contributed by atoms with Gasteiger partial charge in [-0.05, 0) is 37.5 Å². The Hall–Kier alpha value is -2.87. The Kier molecular flexibility index (Phi) is 6.56. The summed E-state index contributed by atoms with van der Waals surface area (Å²) in [6.45, 7) is 4.22. The van der Waals surface area contributed by atoms with Crippen molar-refractivity contribution in [3.05, 3.63) is 41.0 Å². The van der Waals surface area contributed by atoms with Crippen LogP contribution in [0.25, 0.3) is 10.2 Å². The fourth-order valence-electron chi connectivity index (χ4n) is 4.00. The number of amides is 1. The number of methoxy groups -OCH3 is 2. The summed E-state index contributed by atoms with van der Waals surface area (Å²) in [5.74, 6) is 2.53. The second kappa shape index (κ2) is 9.51. The van der Waals surface area contributed by atoms with E-state index in [-0.39, 0.29) is 11.8 Å². The number of hydrogen-bond donors (Lipinski definition) is 1. The average molecular weight is 441 g/mol. The van der Waals surface area contributed by atoms with Gasteiger partial charge in [0.1, 0.15) is 28.5 Å². The molecule has 31 heavy (non-hydrogen) atoms. The van der Waals surface area contributed by atoms with Gasteiger partial charge >= 0.3 is 0 Å². The second-order valence-electron chi connectivity index (χ2n) is 7.64. The number of fused-ring (bicyclic) bond motifs is 1. The van der Waals surface area contributed by atoms with E-state index in [0.717, 1.165) is 59.7 Å². The molecule has 1 aliphatic rings. The molecule has 0 spiro atoms. The van der Waals surface area contributed by atoms with E-state index in [2.05, 4.69) is 33.2 Å². The molecule has 164 valence electrons. The third-order valence-corrected chi connectivity index (χ3v) is 7.01. The molecule has 1 amide bonds. The maximum Gasteiger partial charge on any atom is 0.223 e. The highest BCUT2D eigenvalue weighted by Crippen LogP contribution is 2.32. The average Bonchev–Trinajstić information content (AvgIpc) is 3.26. The fraction of sp³-hybridized carbons (Fsp3) is 0.435. The number of benzene rings is 1. The topological polar surface area (TPSA) is 76.6 Å². The Labute approximate surface area is 186 Å². The monoisotopic (exact) mass is 440 g/mol. The summed E-state index contributed by atoms with van der Waals surface area (Å²) in [5.41, 5.74) is 0.932. The minimum Gasteiger partial charge on any atom is -0.497 e. The normalized spacial score (nSPS) is 14.6. The Morgan fingerprint density at radius 2 is 2.00 bits per heavy atom. The van der Waals surface area contributed by atoms with Crippen molar-refractivity contribution >= 4 is 33.3 Å². The van der Waals surface area contributed by atoms with Crippen molar-refractivity contribution in [2.45, 2.75) is 32.7 Å². The maximum atomic E-state index is 12.8. The number of anilines is 1. The van der Waals surface area contributed by atoms with Gasteiger partial charge in [-0.2, -0.15) is 0 Å². The largest absolute Gasteiger partial charge is 0.497 e. The third-order valence-electron chi connectivity index (χ3n) is 5.82. The highest BCUT2D eigenvalue weighted by molar-refractivity contribution is 7.18. The number of rotatable bonds is 7. The van der Waals surface area contributed by atoms with Crippen LogP contribution in [-0.4, -0.2) is 43.2 Å². The molecule has 4 rings (SSSR count). The maximum absolute atomic E-state index is 12.8.